The average Bonchev–Trinajstić information content (AvgIpc) is 2.32. The number of nitrogens with two attached hydrogens (primary N) is 1. The number of hydrogen-bond donors (Lipinski definition) is 1. The van der Waals surface area contributed by atoms with Crippen LogP contribution in [0.5, 0.6) is 5.75 Å². The monoisotopic (exact) mass is 251 g/mol. The summed E-state index contributed by atoms with van der Waals surface area (Å²) in [6, 6.07) is 4.17. The summed E-state index contributed by atoms with van der Waals surface area (Å²) in [5.41, 5.74) is 9.77. The van der Waals surface area contributed by atoms with Gasteiger partial charge in [0.25, 0.3) is 0 Å². The smallest absolute Gasteiger partial charge is 0.126 e. The molecule has 2 atom stereocenters. The molecule has 0 aliphatic carbocycles. The number of benzene rings is 1. The Balaban J connectivity index is 2.91. The van der Waals surface area contributed by atoms with Crippen molar-refractivity contribution < 1.29 is 9.47 Å². The van der Waals surface area contributed by atoms with E-state index in [1.165, 1.54) is 11.1 Å². The minimum Gasteiger partial charge on any atom is -0.496 e. The third kappa shape index (κ3) is 3.47. The van der Waals surface area contributed by atoms with Crippen LogP contribution < -0.4 is 10.5 Å². The molecule has 0 radical (unpaired) electrons. The molecule has 2 N–H and O–H groups in total. The van der Waals surface area contributed by atoms with Gasteiger partial charge in [0.1, 0.15) is 5.75 Å². The molecular weight excluding hydrogens is 226 g/mol. The van der Waals surface area contributed by atoms with E-state index in [1.807, 2.05) is 0 Å². The van der Waals surface area contributed by atoms with E-state index in [0.717, 1.165) is 24.3 Å². The standard InChI is InChI=1S/C15H25NO2/c1-10(9-17-4)8-14(16)13-7-6-11(2)12(3)15(13)18-5/h6-7,10,14H,8-9,16H2,1-5H3. The van der Waals surface area contributed by atoms with Gasteiger partial charge in [-0.2, -0.15) is 0 Å². The van der Waals surface area contributed by atoms with Gasteiger partial charge in [-0.15, -0.1) is 0 Å². The topological polar surface area (TPSA) is 44.5 Å². The molecule has 0 fully saturated rings. The van der Waals surface area contributed by atoms with E-state index in [9.17, 15) is 0 Å². The van der Waals surface area contributed by atoms with Crippen LogP contribution in [0.4, 0.5) is 0 Å². The van der Waals surface area contributed by atoms with Crippen LogP contribution >= 0.6 is 0 Å². The first-order valence-electron chi connectivity index (χ1n) is 6.39. The van der Waals surface area contributed by atoms with E-state index in [-0.39, 0.29) is 6.04 Å². The number of aryl methyl sites for hydroxylation is 1. The number of methoxy groups -OCH3 is 2. The lowest BCUT2D eigenvalue weighted by Crippen LogP contribution is -2.17. The quantitative estimate of drug-likeness (QED) is 0.845. The second-order valence-electron chi connectivity index (χ2n) is 5.03. The zero-order valence-electron chi connectivity index (χ0n) is 12.1. The second-order valence-corrected chi connectivity index (χ2v) is 5.03. The Hall–Kier alpha value is -1.06. The lowest BCUT2D eigenvalue weighted by molar-refractivity contribution is 0.152. The molecule has 3 heteroatoms. The van der Waals surface area contributed by atoms with Gasteiger partial charge in [0.05, 0.1) is 7.11 Å². The lowest BCUT2D eigenvalue weighted by Gasteiger charge is -2.21. The van der Waals surface area contributed by atoms with Gasteiger partial charge >= 0.3 is 0 Å². The number of rotatable bonds is 6. The van der Waals surface area contributed by atoms with Crippen molar-refractivity contribution in [3.05, 3.63) is 28.8 Å². The molecule has 0 heterocycles. The van der Waals surface area contributed by atoms with Crippen molar-refractivity contribution in [1.82, 2.24) is 0 Å². The third-order valence-electron chi connectivity index (χ3n) is 3.42. The van der Waals surface area contributed by atoms with Crippen molar-refractivity contribution in [3.8, 4) is 5.75 Å². The first kappa shape index (κ1) is 15.0. The van der Waals surface area contributed by atoms with Crippen molar-refractivity contribution in [2.45, 2.75) is 33.2 Å². The Morgan fingerprint density at radius 2 is 1.89 bits per heavy atom. The summed E-state index contributed by atoms with van der Waals surface area (Å²) < 4.78 is 10.7. The molecule has 0 saturated carbocycles. The Morgan fingerprint density at radius 3 is 2.44 bits per heavy atom. The molecule has 1 aromatic carbocycles. The van der Waals surface area contributed by atoms with E-state index < -0.39 is 0 Å². The van der Waals surface area contributed by atoms with Gasteiger partial charge in [-0.25, -0.2) is 0 Å². The van der Waals surface area contributed by atoms with Crippen LogP contribution in [-0.4, -0.2) is 20.8 Å². The fourth-order valence-electron chi connectivity index (χ4n) is 2.29. The highest BCUT2D eigenvalue weighted by atomic mass is 16.5. The maximum atomic E-state index is 6.29. The highest BCUT2D eigenvalue weighted by molar-refractivity contribution is 5.46. The fraction of sp³-hybridized carbons (Fsp3) is 0.600. The van der Waals surface area contributed by atoms with Crippen molar-refractivity contribution in [2.24, 2.45) is 11.7 Å². The molecule has 0 aliphatic heterocycles. The normalized spacial score (nSPS) is 14.3. The van der Waals surface area contributed by atoms with Crippen LogP contribution in [0.15, 0.2) is 12.1 Å². The van der Waals surface area contributed by atoms with E-state index >= 15 is 0 Å². The second kappa shape index (κ2) is 6.76. The Morgan fingerprint density at radius 1 is 1.22 bits per heavy atom. The summed E-state index contributed by atoms with van der Waals surface area (Å²) in [4.78, 5) is 0. The molecule has 0 aliphatic rings. The third-order valence-corrected chi connectivity index (χ3v) is 3.42. The highest BCUT2D eigenvalue weighted by Gasteiger charge is 2.17. The zero-order valence-corrected chi connectivity index (χ0v) is 12.1. The lowest BCUT2D eigenvalue weighted by atomic mass is 9.93. The molecule has 2 unspecified atom stereocenters. The molecule has 0 amide bonds. The highest BCUT2D eigenvalue weighted by Crippen LogP contribution is 2.32. The maximum Gasteiger partial charge on any atom is 0.126 e. The van der Waals surface area contributed by atoms with Crippen molar-refractivity contribution >= 4 is 0 Å². The van der Waals surface area contributed by atoms with Crippen LogP contribution in [0.1, 0.15) is 36.1 Å². The van der Waals surface area contributed by atoms with E-state index in [2.05, 4.69) is 32.9 Å². The Bertz CT molecular complexity index is 390. The van der Waals surface area contributed by atoms with Gasteiger partial charge in [-0.1, -0.05) is 19.1 Å². The molecule has 1 aromatic rings. The minimum atomic E-state index is -0.00981. The van der Waals surface area contributed by atoms with Crippen molar-refractivity contribution in [3.63, 3.8) is 0 Å². The molecular formula is C15H25NO2. The summed E-state index contributed by atoms with van der Waals surface area (Å²) >= 11 is 0. The van der Waals surface area contributed by atoms with Crippen LogP contribution in [0.3, 0.4) is 0 Å². The fourth-order valence-corrected chi connectivity index (χ4v) is 2.29. The first-order chi connectivity index (χ1) is 8.51. The molecule has 0 saturated heterocycles. The summed E-state index contributed by atoms with van der Waals surface area (Å²) in [5, 5.41) is 0. The van der Waals surface area contributed by atoms with E-state index in [1.54, 1.807) is 14.2 Å². The van der Waals surface area contributed by atoms with Crippen LogP contribution in [0.25, 0.3) is 0 Å². The van der Waals surface area contributed by atoms with Crippen LogP contribution in [-0.2, 0) is 4.74 Å². The minimum absolute atomic E-state index is 0.00981. The number of hydrogen-bond acceptors (Lipinski definition) is 3. The molecule has 3 nitrogen and oxygen atoms in total. The first-order valence-corrected chi connectivity index (χ1v) is 6.39. The summed E-state index contributed by atoms with van der Waals surface area (Å²) in [6.07, 6.45) is 0.896. The van der Waals surface area contributed by atoms with Gasteiger partial charge in [0.2, 0.25) is 0 Å². The largest absolute Gasteiger partial charge is 0.496 e. The molecule has 18 heavy (non-hydrogen) atoms. The SMILES string of the molecule is COCC(C)CC(N)c1ccc(C)c(C)c1OC. The Kier molecular flexibility index (Phi) is 5.63. The van der Waals surface area contributed by atoms with Gasteiger partial charge < -0.3 is 15.2 Å². The van der Waals surface area contributed by atoms with Gasteiger partial charge in [0, 0.05) is 25.3 Å². The maximum absolute atomic E-state index is 6.29. The summed E-state index contributed by atoms with van der Waals surface area (Å²) in [5.74, 6) is 1.36. The van der Waals surface area contributed by atoms with Crippen molar-refractivity contribution in [2.75, 3.05) is 20.8 Å². The zero-order chi connectivity index (χ0) is 13.7. The van der Waals surface area contributed by atoms with Gasteiger partial charge in [0.15, 0.2) is 0 Å². The predicted molar refractivity (Wildman–Crippen MR) is 75.1 cm³/mol. The summed E-state index contributed by atoms with van der Waals surface area (Å²) in [7, 11) is 3.43. The Labute approximate surface area is 110 Å². The van der Waals surface area contributed by atoms with Crippen molar-refractivity contribution in [1.29, 1.82) is 0 Å². The predicted octanol–water partition coefficient (Wildman–Crippen LogP) is 2.98. The summed E-state index contributed by atoms with van der Waals surface area (Å²) in [6.45, 7) is 7.04. The van der Waals surface area contributed by atoms with Gasteiger partial charge in [-0.05, 0) is 37.3 Å². The molecule has 0 aromatic heterocycles. The number of ether oxygens (including phenoxy) is 2. The van der Waals surface area contributed by atoms with Crippen LogP contribution in [0, 0.1) is 19.8 Å². The average molecular weight is 251 g/mol. The van der Waals surface area contributed by atoms with E-state index in [0.29, 0.717) is 5.92 Å². The molecule has 1 rings (SSSR count). The van der Waals surface area contributed by atoms with Crippen LogP contribution in [0.2, 0.25) is 0 Å². The molecule has 0 bridgehead atoms. The molecule has 0 spiro atoms. The van der Waals surface area contributed by atoms with Gasteiger partial charge in [-0.3, -0.25) is 0 Å². The molecule has 102 valence electrons. The van der Waals surface area contributed by atoms with E-state index in [4.69, 9.17) is 15.2 Å².